The van der Waals surface area contributed by atoms with E-state index in [1.807, 2.05) is 6.07 Å². The zero-order chi connectivity index (χ0) is 15.1. The molecule has 118 valence electrons. The second-order valence-corrected chi connectivity index (χ2v) is 6.34. The van der Waals surface area contributed by atoms with E-state index in [2.05, 4.69) is 49.2 Å². The highest BCUT2D eigenvalue weighted by molar-refractivity contribution is 5.28. The van der Waals surface area contributed by atoms with E-state index in [-0.39, 0.29) is 6.10 Å². The maximum absolute atomic E-state index is 5.79. The first-order valence-corrected chi connectivity index (χ1v) is 8.36. The zero-order valence-corrected chi connectivity index (χ0v) is 13.8. The molecule has 1 heterocycles. The first kappa shape index (κ1) is 16.3. The number of hydrogen-bond donors (Lipinski definition) is 1. The van der Waals surface area contributed by atoms with Crippen molar-refractivity contribution in [2.24, 2.45) is 5.92 Å². The SMILES string of the molecule is CCN(Cc1cccc(OC(C)C)c1)CC1CCNCC1. The van der Waals surface area contributed by atoms with E-state index in [0.29, 0.717) is 0 Å². The lowest BCUT2D eigenvalue weighted by Crippen LogP contribution is -2.35. The molecule has 0 saturated carbocycles. The number of rotatable bonds is 7. The van der Waals surface area contributed by atoms with Gasteiger partial charge in [0.15, 0.2) is 0 Å². The Morgan fingerprint density at radius 1 is 1.29 bits per heavy atom. The maximum Gasteiger partial charge on any atom is 0.120 e. The summed E-state index contributed by atoms with van der Waals surface area (Å²) in [5.74, 6) is 1.83. The van der Waals surface area contributed by atoms with Crippen molar-refractivity contribution in [1.82, 2.24) is 10.2 Å². The molecule has 0 radical (unpaired) electrons. The molecule has 0 aromatic heterocycles. The van der Waals surface area contributed by atoms with Crippen molar-refractivity contribution in [3.05, 3.63) is 29.8 Å². The van der Waals surface area contributed by atoms with Crippen LogP contribution in [-0.4, -0.2) is 37.2 Å². The average Bonchev–Trinajstić information content (AvgIpc) is 2.47. The van der Waals surface area contributed by atoms with Crippen LogP contribution in [0, 0.1) is 5.92 Å². The van der Waals surface area contributed by atoms with Crippen molar-refractivity contribution in [2.75, 3.05) is 26.2 Å². The van der Waals surface area contributed by atoms with Gasteiger partial charge in [-0.3, -0.25) is 4.90 Å². The van der Waals surface area contributed by atoms with E-state index < -0.39 is 0 Å². The van der Waals surface area contributed by atoms with Gasteiger partial charge in [0, 0.05) is 13.1 Å². The molecule has 0 unspecified atom stereocenters. The summed E-state index contributed by atoms with van der Waals surface area (Å²) < 4.78 is 5.79. The highest BCUT2D eigenvalue weighted by atomic mass is 16.5. The summed E-state index contributed by atoms with van der Waals surface area (Å²) in [5, 5.41) is 3.45. The fraction of sp³-hybridized carbons (Fsp3) is 0.667. The molecule has 2 rings (SSSR count). The van der Waals surface area contributed by atoms with Crippen molar-refractivity contribution < 1.29 is 4.74 Å². The van der Waals surface area contributed by atoms with Gasteiger partial charge in [0.1, 0.15) is 5.75 Å². The summed E-state index contributed by atoms with van der Waals surface area (Å²) in [7, 11) is 0. The van der Waals surface area contributed by atoms with Crippen molar-refractivity contribution in [3.8, 4) is 5.75 Å². The van der Waals surface area contributed by atoms with E-state index in [1.54, 1.807) is 0 Å². The van der Waals surface area contributed by atoms with Crippen LogP contribution >= 0.6 is 0 Å². The van der Waals surface area contributed by atoms with Crippen LogP contribution in [0.1, 0.15) is 39.2 Å². The molecule has 21 heavy (non-hydrogen) atoms. The molecule has 1 saturated heterocycles. The minimum absolute atomic E-state index is 0.234. The summed E-state index contributed by atoms with van der Waals surface area (Å²) in [4.78, 5) is 2.56. The number of benzene rings is 1. The second kappa shape index (κ2) is 8.40. The Morgan fingerprint density at radius 3 is 2.71 bits per heavy atom. The highest BCUT2D eigenvalue weighted by Gasteiger charge is 2.16. The average molecular weight is 290 g/mol. The molecule has 0 bridgehead atoms. The molecule has 3 heteroatoms. The molecule has 1 aromatic carbocycles. The Morgan fingerprint density at radius 2 is 2.05 bits per heavy atom. The van der Waals surface area contributed by atoms with Crippen LogP contribution < -0.4 is 10.1 Å². The summed E-state index contributed by atoms with van der Waals surface area (Å²) in [6.07, 6.45) is 2.86. The van der Waals surface area contributed by atoms with Gasteiger partial charge >= 0.3 is 0 Å². The third kappa shape index (κ3) is 5.68. The zero-order valence-electron chi connectivity index (χ0n) is 13.8. The fourth-order valence-corrected chi connectivity index (χ4v) is 2.98. The molecule has 1 fully saturated rings. The van der Waals surface area contributed by atoms with E-state index >= 15 is 0 Å². The van der Waals surface area contributed by atoms with Gasteiger partial charge in [-0.25, -0.2) is 0 Å². The Bertz CT molecular complexity index is 413. The van der Waals surface area contributed by atoms with Crippen LogP contribution in [0.15, 0.2) is 24.3 Å². The lowest BCUT2D eigenvalue weighted by Gasteiger charge is -2.29. The van der Waals surface area contributed by atoms with Gasteiger partial charge in [0.05, 0.1) is 6.10 Å². The molecule has 1 aliphatic heterocycles. The van der Waals surface area contributed by atoms with Gasteiger partial charge in [-0.1, -0.05) is 19.1 Å². The molecule has 0 spiro atoms. The van der Waals surface area contributed by atoms with Crippen molar-refractivity contribution in [1.29, 1.82) is 0 Å². The number of piperidine rings is 1. The van der Waals surface area contributed by atoms with Crippen LogP contribution in [0.3, 0.4) is 0 Å². The summed E-state index contributed by atoms with van der Waals surface area (Å²) in [5.41, 5.74) is 1.35. The molecule has 1 aliphatic rings. The molecular formula is C18H30N2O. The first-order chi connectivity index (χ1) is 10.2. The molecule has 1 N–H and O–H groups in total. The van der Waals surface area contributed by atoms with Crippen molar-refractivity contribution >= 4 is 0 Å². The largest absolute Gasteiger partial charge is 0.491 e. The number of hydrogen-bond acceptors (Lipinski definition) is 3. The molecular weight excluding hydrogens is 260 g/mol. The quantitative estimate of drug-likeness (QED) is 0.834. The van der Waals surface area contributed by atoms with Crippen molar-refractivity contribution in [2.45, 2.75) is 46.3 Å². The lowest BCUT2D eigenvalue weighted by molar-refractivity contribution is 0.206. The Hall–Kier alpha value is -1.06. The van der Waals surface area contributed by atoms with Gasteiger partial charge < -0.3 is 10.1 Å². The Labute approximate surface area is 129 Å². The Kier molecular flexibility index (Phi) is 6.52. The van der Waals surface area contributed by atoms with Crippen LogP contribution in [0.5, 0.6) is 5.75 Å². The summed E-state index contributed by atoms with van der Waals surface area (Å²) in [6, 6.07) is 8.54. The topological polar surface area (TPSA) is 24.5 Å². The van der Waals surface area contributed by atoms with E-state index in [9.17, 15) is 0 Å². The summed E-state index contributed by atoms with van der Waals surface area (Å²) in [6.45, 7) is 12.1. The monoisotopic (exact) mass is 290 g/mol. The van der Waals surface area contributed by atoms with Crippen molar-refractivity contribution in [3.63, 3.8) is 0 Å². The maximum atomic E-state index is 5.79. The predicted octanol–water partition coefficient (Wildman–Crippen LogP) is 3.30. The predicted molar refractivity (Wildman–Crippen MR) is 88.8 cm³/mol. The minimum atomic E-state index is 0.234. The summed E-state index contributed by atoms with van der Waals surface area (Å²) >= 11 is 0. The fourth-order valence-electron chi connectivity index (χ4n) is 2.98. The molecule has 0 aliphatic carbocycles. The van der Waals surface area contributed by atoms with Crippen LogP contribution in [0.25, 0.3) is 0 Å². The van der Waals surface area contributed by atoms with Crippen LogP contribution in [-0.2, 0) is 6.54 Å². The van der Waals surface area contributed by atoms with E-state index in [1.165, 1.54) is 38.0 Å². The van der Waals surface area contributed by atoms with Crippen LogP contribution in [0.4, 0.5) is 0 Å². The normalized spacial score (nSPS) is 16.6. The second-order valence-electron chi connectivity index (χ2n) is 6.34. The number of ether oxygens (including phenoxy) is 1. The molecule has 0 amide bonds. The number of nitrogens with one attached hydrogen (secondary N) is 1. The molecule has 0 atom stereocenters. The van der Waals surface area contributed by atoms with E-state index in [4.69, 9.17) is 4.74 Å². The minimum Gasteiger partial charge on any atom is -0.491 e. The third-order valence-electron chi connectivity index (χ3n) is 4.10. The third-order valence-corrected chi connectivity index (χ3v) is 4.10. The molecule has 3 nitrogen and oxygen atoms in total. The van der Waals surface area contributed by atoms with E-state index in [0.717, 1.165) is 24.8 Å². The number of nitrogens with zero attached hydrogens (tertiary/aromatic N) is 1. The molecule has 1 aromatic rings. The Balaban J connectivity index is 1.91. The van der Waals surface area contributed by atoms with Gasteiger partial charge in [0.2, 0.25) is 0 Å². The van der Waals surface area contributed by atoms with Gasteiger partial charge in [-0.15, -0.1) is 0 Å². The first-order valence-electron chi connectivity index (χ1n) is 8.36. The highest BCUT2D eigenvalue weighted by Crippen LogP contribution is 2.18. The van der Waals surface area contributed by atoms with Gasteiger partial charge in [-0.2, -0.15) is 0 Å². The van der Waals surface area contributed by atoms with Gasteiger partial charge in [-0.05, 0) is 69.9 Å². The van der Waals surface area contributed by atoms with Gasteiger partial charge in [0.25, 0.3) is 0 Å². The lowest BCUT2D eigenvalue weighted by atomic mass is 9.97. The standard InChI is InChI=1S/C18H30N2O/c1-4-20(13-16-8-10-19-11-9-16)14-17-6-5-7-18(12-17)21-15(2)3/h5-7,12,15-16,19H,4,8-11,13-14H2,1-3H3. The van der Waals surface area contributed by atoms with Crippen LogP contribution in [0.2, 0.25) is 0 Å². The smallest absolute Gasteiger partial charge is 0.120 e.